The van der Waals surface area contributed by atoms with Crippen molar-refractivity contribution in [1.29, 1.82) is 0 Å². The van der Waals surface area contributed by atoms with Crippen LogP contribution in [0.5, 0.6) is 0 Å². The number of benzene rings is 1. The van der Waals surface area contributed by atoms with Crippen LogP contribution in [0.25, 0.3) is 0 Å². The van der Waals surface area contributed by atoms with E-state index in [-0.39, 0.29) is 18.0 Å². The van der Waals surface area contributed by atoms with Crippen LogP contribution >= 0.6 is 0 Å². The number of aromatic carboxylic acids is 1. The van der Waals surface area contributed by atoms with E-state index in [1.54, 1.807) is 19.2 Å². The van der Waals surface area contributed by atoms with Crippen molar-refractivity contribution in [3.8, 4) is 0 Å². The van der Waals surface area contributed by atoms with Gasteiger partial charge >= 0.3 is 5.97 Å². The Morgan fingerprint density at radius 2 is 1.77 bits per heavy atom. The quantitative estimate of drug-likeness (QED) is 0.881. The zero-order valence-electron chi connectivity index (χ0n) is 12.6. The number of carbonyl (C=O) groups is 2. The van der Waals surface area contributed by atoms with Gasteiger partial charge in [-0.15, -0.1) is 0 Å². The predicted molar refractivity (Wildman–Crippen MR) is 81.3 cm³/mol. The van der Waals surface area contributed by atoms with Crippen molar-refractivity contribution in [3.63, 3.8) is 0 Å². The van der Waals surface area contributed by atoms with Crippen molar-refractivity contribution in [2.45, 2.75) is 30.6 Å². The van der Waals surface area contributed by atoms with Crippen LogP contribution in [0.15, 0.2) is 24.3 Å². The second-order valence-electron chi connectivity index (χ2n) is 5.78. The number of nitrogens with zero attached hydrogens (tertiary/aromatic N) is 1. The molecule has 0 radical (unpaired) electrons. The van der Waals surface area contributed by atoms with Crippen molar-refractivity contribution in [2.24, 2.45) is 0 Å². The zero-order valence-corrected chi connectivity index (χ0v) is 13.4. The summed E-state index contributed by atoms with van der Waals surface area (Å²) in [6.07, 6.45) is 2.58. The number of carboxylic acid groups (broad SMARTS) is 1. The minimum absolute atomic E-state index is 0.171. The smallest absolute Gasteiger partial charge is 0.335 e. The first-order valence-electron chi connectivity index (χ1n) is 6.95. The lowest BCUT2D eigenvalue weighted by Gasteiger charge is -2.40. The SMILES string of the molecule is CN(Cc1ccc(C(=O)O)cc1)C(=O)C1(S(C)(=O)=O)CCC1. The van der Waals surface area contributed by atoms with E-state index in [1.807, 2.05) is 0 Å². The summed E-state index contributed by atoms with van der Waals surface area (Å²) in [5, 5.41) is 8.85. The zero-order chi connectivity index (χ0) is 16.5. The van der Waals surface area contributed by atoms with Gasteiger partial charge < -0.3 is 10.0 Å². The van der Waals surface area contributed by atoms with Crippen LogP contribution < -0.4 is 0 Å². The highest BCUT2D eigenvalue weighted by Crippen LogP contribution is 2.40. The standard InChI is InChI=1S/C15H19NO5S/c1-16(10-11-4-6-12(7-5-11)13(17)18)14(19)15(8-3-9-15)22(2,20)21/h4-7H,3,8-10H2,1-2H3,(H,17,18). The molecule has 1 aromatic rings. The van der Waals surface area contributed by atoms with Gasteiger partial charge in [-0.3, -0.25) is 4.79 Å². The molecule has 0 heterocycles. The molecule has 1 amide bonds. The molecule has 1 fully saturated rings. The minimum atomic E-state index is -3.45. The van der Waals surface area contributed by atoms with E-state index in [9.17, 15) is 18.0 Å². The lowest BCUT2D eigenvalue weighted by molar-refractivity contribution is -0.135. The maximum atomic E-state index is 12.5. The lowest BCUT2D eigenvalue weighted by Crippen LogP contribution is -2.56. The van der Waals surface area contributed by atoms with Crippen LogP contribution in [0.1, 0.15) is 35.2 Å². The molecule has 6 nitrogen and oxygen atoms in total. The van der Waals surface area contributed by atoms with Gasteiger partial charge in [-0.1, -0.05) is 12.1 Å². The first-order chi connectivity index (χ1) is 10.2. The van der Waals surface area contributed by atoms with Crippen molar-refractivity contribution in [1.82, 2.24) is 4.90 Å². The van der Waals surface area contributed by atoms with Gasteiger partial charge in [-0.05, 0) is 37.0 Å². The number of carboxylic acids is 1. The Kier molecular flexibility index (Phi) is 4.28. The molecule has 1 aromatic carbocycles. The average molecular weight is 325 g/mol. The number of amides is 1. The van der Waals surface area contributed by atoms with Crippen molar-refractivity contribution < 1.29 is 23.1 Å². The van der Waals surface area contributed by atoms with E-state index >= 15 is 0 Å². The third kappa shape index (κ3) is 2.85. The summed E-state index contributed by atoms with van der Waals surface area (Å²) in [4.78, 5) is 24.7. The van der Waals surface area contributed by atoms with Crippen LogP contribution in [0.4, 0.5) is 0 Å². The maximum absolute atomic E-state index is 12.5. The van der Waals surface area contributed by atoms with Crippen LogP contribution in [0.3, 0.4) is 0 Å². The van der Waals surface area contributed by atoms with Gasteiger partial charge in [0.15, 0.2) is 14.6 Å². The summed E-state index contributed by atoms with van der Waals surface area (Å²) in [7, 11) is -1.88. The third-order valence-electron chi connectivity index (χ3n) is 4.23. The molecule has 0 bridgehead atoms. The molecule has 0 aromatic heterocycles. The molecular weight excluding hydrogens is 306 g/mol. The third-order valence-corrected chi connectivity index (χ3v) is 6.23. The maximum Gasteiger partial charge on any atom is 0.335 e. The molecule has 0 atom stereocenters. The molecular formula is C15H19NO5S. The Hall–Kier alpha value is -1.89. The highest BCUT2D eigenvalue weighted by atomic mass is 32.2. The van der Waals surface area contributed by atoms with Gasteiger partial charge in [-0.2, -0.15) is 0 Å². The monoisotopic (exact) mass is 325 g/mol. The topological polar surface area (TPSA) is 91.8 Å². The summed E-state index contributed by atoms with van der Waals surface area (Å²) < 4.78 is 22.6. The molecule has 0 saturated heterocycles. The van der Waals surface area contributed by atoms with Gasteiger partial charge in [0, 0.05) is 19.8 Å². The van der Waals surface area contributed by atoms with E-state index in [4.69, 9.17) is 5.11 Å². The summed E-state index contributed by atoms with van der Waals surface area (Å²) in [6, 6.07) is 6.18. The normalized spacial score (nSPS) is 16.6. The Labute approximate surface area is 129 Å². The fourth-order valence-corrected chi connectivity index (χ4v) is 4.19. The second kappa shape index (κ2) is 5.72. The highest BCUT2D eigenvalue weighted by Gasteiger charge is 2.53. The fraction of sp³-hybridized carbons (Fsp3) is 0.467. The number of hydrogen-bond donors (Lipinski definition) is 1. The van der Waals surface area contributed by atoms with Gasteiger partial charge in [-0.25, -0.2) is 13.2 Å². The number of sulfone groups is 1. The average Bonchev–Trinajstić information content (AvgIpc) is 2.35. The van der Waals surface area contributed by atoms with Gasteiger partial charge in [0.1, 0.15) is 0 Å². The summed E-state index contributed by atoms with van der Waals surface area (Å²) in [6.45, 7) is 0.246. The molecule has 0 spiro atoms. The molecule has 0 unspecified atom stereocenters. The van der Waals surface area contributed by atoms with E-state index in [0.717, 1.165) is 18.2 Å². The summed E-state index contributed by atoms with van der Waals surface area (Å²) in [5.74, 6) is -1.40. The molecule has 1 aliphatic rings. The summed E-state index contributed by atoms with van der Waals surface area (Å²) in [5.41, 5.74) is 0.924. The van der Waals surface area contributed by atoms with Crippen molar-refractivity contribution in [3.05, 3.63) is 35.4 Å². The van der Waals surface area contributed by atoms with E-state index in [2.05, 4.69) is 0 Å². The number of hydrogen-bond acceptors (Lipinski definition) is 4. The molecule has 120 valence electrons. The predicted octanol–water partition coefficient (Wildman–Crippen LogP) is 1.31. The Bertz CT molecular complexity index is 689. The Balaban J connectivity index is 2.13. The van der Waals surface area contributed by atoms with E-state index in [1.165, 1.54) is 17.0 Å². The highest BCUT2D eigenvalue weighted by molar-refractivity contribution is 7.93. The second-order valence-corrected chi connectivity index (χ2v) is 8.11. The van der Waals surface area contributed by atoms with Crippen LogP contribution in [0.2, 0.25) is 0 Å². The van der Waals surface area contributed by atoms with Gasteiger partial charge in [0.2, 0.25) is 5.91 Å². The minimum Gasteiger partial charge on any atom is -0.478 e. The Morgan fingerprint density at radius 1 is 1.23 bits per heavy atom. The molecule has 22 heavy (non-hydrogen) atoms. The first-order valence-corrected chi connectivity index (χ1v) is 8.84. The Morgan fingerprint density at radius 3 is 2.14 bits per heavy atom. The fourth-order valence-electron chi connectivity index (χ4n) is 2.69. The van der Waals surface area contributed by atoms with Crippen LogP contribution in [0, 0.1) is 0 Å². The van der Waals surface area contributed by atoms with E-state index in [0.29, 0.717) is 12.8 Å². The lowest BCUT2D eigenvalue weighted by atomic mass is 9.83. The number of rotatable bonds is 5. The van der Waals surface area contributed by atoms with Gasteiger partial charge in [0.05, 0.1) is 5.56 Å². The van der Waals surface area contributed by atoms with Crippen LogP contribution in [-0.4, -0.2) is 48.4 Å². The molecule has 7 heteroatoms. The number of carbonyl (C=O) groups excluding carboxylic acids is 1. The molecule has 2 rings (SSSR count). The molecule has 1 saturated carbocycles. The summed E-state index contributed by atoms with van der Waals surface area (Å²) >= 11 is 0. The largest absolute Gasteiger partial charge is 0.478 e. The van der Waals surface area contributed by atoms with Crippen LogP contribution in [-0.2, 0) is 21.2 Å². The van der Waals surface area contributed by atoms with E-state index < -0.39 is 20.6 Å². The van der Waals surface area contributed by atoms with Gasteiger partial charge in [0.25, 0.3) is 0 Å². The first kappa shape index (κ1) is 16.5. The van der Waals surface area contributed by atoms with Crippen molar-refractivity contribution in [2.75, 3.05) is 13.3 Å². The molecule has 1 N–H and O–H groups in total. The molecule has 1 aliphatic carbocycles. The molecule has 0 aliphatic heterocycles. The van der Waals surface area contributed by atoms with Crippen molar-refractivity contribution >= 4 is 21.7 Å².